The fourth-order valence-electron chi connectivity index (χ4n) is 2.12. The molecule has 88 valence electrons. The summed E-state index contributed by atoms with van der Waals surface area (Å²) in [6.07, 6.45) is 2.31. The third-order valence-electron chi connectivity index (χ3n) is 2.95. The van der Waals surface area contributed by atoms with Gasteiger partial charge in [0.15, 0.2) is 0 Å². The third kappa shape index (κ3) is 2.36. The first-order chi connectivity index (χ1) is 7.83. The quantitative estimate of drug-likeness (QED) is 0.775. The Labute approximate surface area is 96.0 Å². The molecule has 0 aromatic heterocycles. The predicted molar refractivity (Wildman–Crippen MR) is 61.7 cm³/mol. The Morgan fingerprint density at radius 2 is 2.25 bits per heavy atom. The number of rotatable bonds is 5. The maximum absolute atomic E-state index is 9.74. The molecule has 0 fully saturated rings. The molecule has 0 bridgehead atoms. The molecule has 1 aromatic carbocycles. The molecular formula is C13H18O3. The van der Waals surface area contributed by atoms with Crippen molar-refractivity contribution < 1.29 is 14.6 Å². The van der Waals surface area contributed by atoms with Gasteiger partial charge < -0.3 is 14.6 Å². The molecule has 3 nitrogen and oxygen atoms in total. The van der Waals surface area contributed by atoms with Gasteiger partial charge in [-0.3, -0.25) is 0 Å². The number of aliphatic hydroxyl groups is 1. The van der Waals surface area contributed by atoms with E-state index in [4.69, 9.17) is 9.47 Å². The van der Waals surface area contributed by atoms with Gasteiger partial charge in [0, 0.05) is 25.7 Å². The predicted octanol–water partition coefficient (Wildman–Crippen LogP) is 2.08. The minimum Gasteiger partial charge on any atom is -0.493 e. The van der Waals surface area contributed by atoms with Gasteiger partial charge in [-0.05, 0) is 24.5 Å². The Balaban J connectivity index is 2.00. The van der Waals surface area contributed by atoms with Crippen LogP contribution in [0.25, 0.3) is 0 Å². The van der Waals surface area contributed by atoms with E-state index >= 15 is 0 Å². The summed E-state index contributed by atoms with van der Waals surface area (Å²) in [7, 11) is 1.69. The van der Waals surface area contributed by atoms with Gasteiger partial charge in [0.1, 0.15) is 5.75 Å². The first-order valence-electron chi connectivity index (χ1n) is 5.74. The number of hydrogen-bond donors (Lipinski definition) is 1. The number of fused-ring (bicyclic) bond motifs is 1. The molecule has 0 saturated heterocycles. The molecule has 1 aliphatic rings. The lowest BCUT2D eigenvalue weighted by molar-refractivity contribution is 0.171. The van der Waals surface area contributed by atoms with E-state index in [1.54, 1.807) is 7.11 Å². The van der Waals surface area contributed by atoms with Crippen molar-refractivity contribution in [3.8, 4) is 5.75 Å². The average Bonchev–Trinajstić information content (AvgIpc) is 2.68. The summed E-state index contributed by atoms with van der Waals surface area (Å²) in [6, 6.07) is 5.90. The highest BCUT2D eigenvalue weighted by molar-refractivity contribution is 5.44. The van der Waals surface area contributed by atoms with Gasteiger partial charge >= 0.3 is 0 Å². The Bertz CT molecular complexity index is 349. The summed E-state index contributed by atoms with van der Waals surface area (Å²) < 4.78 is 10.7. The van der Waals surface area contributed by atoms with E-state index in [0.717, 1.165) is 37.2 Å². The first kappa shape index (κ1) is 11.4. The normalized spacial score (nSPS) is 18.5. The zero-order valence-corrected chi connectivity index (χ0v) is 9.61. The van der Waals surface area contributed by atoms with Crippen molar-refractivity contribution in [1.82, 2.24) is 0 Å². The van der Waals surface area contributed by atoms with Crippen LogP contribution >= 0.6 is 0 Å². The summed E-state index contributed by atoms with van der Waals surface area (Å²) in [6.45, 7) is 1.39. The van der Waals surface area contributed by atoms with Crippen LogP contribution in [0.3, 0.4) is 0 Å². The van der Waals surface area contributed by atoms with Crippen LogP contribution in [-0.4, -0.2) is 25.4 Å². The topological polar surface area (TPSA) is 38.7 Å². The van der Waals surface area contributed by atoms with Gasteiger partial charge in [-0.2, -0.15) is 0 Å². The Morgan fingerprint density at radius 1 is 1.38 bits per heavy atom. The van der Waals surface area contributed by atoms with Gasteiger partial charge in [0.2, 0.25) is 0 Å². The van der Waals surface area contributed by atoms with Crippen LogP contribution in [-0.2, 0) is 11.2 Å². The van der Waals surface area contributed by atoms with Crippen molar-refractivity contribution in [2.45, 2.75) is 25.4 Å². The summed E-state index contributed by atoms with van der Waals surface area (Å²) in [5.41, 5.74) is 2.21. The van der Waals surface area contributed by atoms with Crippen LogP contribution in [0.5, 0.6) is 5.75 Å². The summed E-state index contributed by atoms with van der Waals surface area (Å²) in [5, 5.41) is 9.74. The van der Waals surface area contributed by atoms with Crippen molar-refractivity contribution in [2.24, 2.45) is 0 Å². The fraction of sp³-hybridized carbons (Fsp3) is 0.538. The zero-order valence-electron chi connectivity index (χ0n) is 9.61. The van der Waals surface area contributed by atoms with E-state index in [1.165, 1.54) is 5.56 Å². The fourth-order valence-corrected chi connectivity index (χ4v) is 2.12. The molecule has 3 heteroatoms. The van der Waals surface area contributed by atoms with Crippen molar-refractivity contribution in [3.05, 3.63) is 29.3 Å². The van der Waals surface area contributed by atoms with Gasteiger partial charge in [-0.15, -0.1) is 0 Å². The highest BCUT2D eigenvalue weighted by atomic mass is 16.5. The maximum Gasteiger partial charge on any atom is 0.122 e. The monoisotopic (exact) mass is 222 g/mol. The van der Waals surface area contributed by atoms with E-state index in [2.05, 4.69) is 0 Å². The molecule has 0 spiro atoms. The van der Waals surface area contributed by atoms with Crippen molar-refractivity contribution in [3.63, 3.8) is 0 Å². The lowest BCUT2D eigenvalue weighted by Crippen LogP contribution is -2.03. The Kier molecular flexibility index (Phi) is 3.80. The van der Waals surface area contributed by atoms with Crippen LogP contribution < -0.4 is 4.74 Å². The molecular weight excluding hydrogens is 204 g/mol. The SMILES string of the molecule is COCCCOc1cccc2c1CCC2O. The maximum atomic E-state index is 9.74. The van der Waals surface area contributed by atoms with Gasteiger partial charge in [0.25, 0.3) is 0 Å². The summed E-state index contributed by atoms with van der Waals surface area (Å²) in [4.78, 5) is 0. The van der Waals surface area contributed by atoms with Crippen molar-refractivity contribution in [2.75, 3.05) is 20.3 Å². The first-order valence-corrected chi connectivity index (χ1v) is 5.74. The molecule has 0 saturated carbocycles. The van der Waals surface area contributed by atoms with E-state index in [1.807, 2.05) is 18.2 Å². The van der Waals surface area contributed by atoms with Crippen LogP contribution in [0.4, 0.5) is 0 Å². The largest absolute Gasteiger partial charge is 0.493 e. The zero-order chi connectivity index (χ0) is 11.4. The van der Waals surface area contributed by atoms with Gasteiger partial charge in [0.05, 0.1) is 12.7 Å². The second kappa shape index (κ2) is 5.32. The summed E-state index contributed by atoms with van der Waals surface area (Å²) >= 11 is 0. The van der Waals surface area contributed by atoms with Crippen LogP contribution in [0.2, 0.25) is 0 Å². The molecule has 0 radical (unpaired) electrons. The van der Waals surface area contributed by atoms with E-state index in [0.29, 0.717) is 6.61 Å². The number of ether oxygens (including phenoxy) is 2. The van der Waals surface area contributed by atoms with Crippen molar-refractivity contribution >= 4 is 0 Å². The standard InChI is InChI=1S/C13H18O3/c1-15-8-3-9-16-13-5-2-4-10-11(13)6-7-12(10)14/h2,4-5,12,14H,3,6-9H2,1H3. The van der Waals surface area contributed by atoms with E-state index in [-0.39, 0.29) is 6.10 Å². The Hall–Kier alpha value is -1.06. The molecule has 2 rings (SSSR count). The van der Waals surface area contributed by atoms with E-state index in [9.17, 15) is 5.11 Å². The van der Waals surface area contributed by atoms with Gasteiger partial charge in [-0.25, -0.2) is 0 Å². The molecule has 1 unspecified atom stereocenters. The molecule has 1 N–H and O–H groups in total. The molecule has 16 heavy (non-hydrogen) atoms. The highest BCUT2D eigenvalue weighted by Gasteiger charge is 2.22. The minimum atomic E-state index is -0.308. The lowest BCUT2D eigenvalue weighted by Gasteiger charge is -2.11. The highest BCUT2D eigenvalue weighted by Crippen LogP contribution is 2.36. The second-order valence-corrected chi connectivity index (χ2v) is 4.07. The number of aliphatic hydroxyl groups excluding tert-OH is 1. The molecule has 0 amide bonds. The third-order valence-corrected chi connectivity index (χ3v) is 2.95. The number of hydrogen-bond acceptors (Lipinski definition) is 3. The minimum absolute atomic E-state index is 0.308. The van der Waals surface area contributed by atoms with Crippen LogP contribution in [0, 0.1) is 0 Å². The van der Waals surface area contributed by atoms with E-state index < -0.39 is 0 Å². The number of methoxy groups -OCH3 is 1. The van der Waals surface area contributed by atoms with Crippen LogP contribution in [0.1, 0.15) is 30.1 Å². The molecule has 1 atom stereocenters. The summed E-state index contributed by atoms with van der Waals surface area (Å²) in [5.74, 6) is 0.921. The Morgan fingerprint density at radius 3 is 3.06 bits per heavy atom. The molecule has 0 heterocycles. The average molecular weight is 222 g/mol. The van der Waals surface area contributed by atoms with Gasteiger partial charge in [-0.1, -0.05) is 12.1 Å². The molecule has 1 aromatic rings. The molecule has 1 aliphatic carbocycles. The lowest BCUT2D eigenvalue weighted by atomic mass is 10.1. The smallest absolute Gasteiger partial charge is 0.122 e. The second-order valence-electron chi connectivity index (χ2n) is 4.07. The van der Waals surface area contributed by atoms with Crippen molar-refractivity contribution in [1.29, 1.82) is 0 Å². The molecule has 0 aliphatic heterocycles. The van der Waals surface area contributed by atoms with Crippen LogP contribution in [0.15, 0.2) is 18.2 Å². The number of benzene rings is 1.